The Labute approximate surface area is 154 Å². The predicted molar refractivity (Wildman–Crippen MR) is 105 cm³/mol. The summed E-state index contributed by atoms with van der Waals surface area (Å²) in [4.78, 5) is 9.88. The highest BCUT2D eigenvalue weighted by molar-refractivity contribution is 5.79. The van der Waals surface area contributed by atoms with Crippen molar-refractivity contribution in [2.45, 2.75) is 46.1 Å². The topological polar surface area (TPSA) is 52.1 Å². The average molecular weight is 354 g/mol. The standard InChI is InChI=1S/C19H39N5O/c1-4-20-19(21-8-5-9-23-12-14-25-15-13-23)22-16-18(3)24-10-6-17(2)7-11-24/h17-18H,4-16H2,1-3H3,(H2,20,21,22). The van der Waals surface area contributed by atoms with Crippen molar-refractivity contribution in [3.63, 3.8) is 0 Å². The van der Waals surface area contributed by atoms with Crippen molar-refractivity contribution < 1.29 is 4.74 Å². The highest BCUT2D eigenvalue weighted by atomic mass is 16.5. The van der Waals surface area contributed by atoms with Crippen molar-refractivity contribution >= 4 is 5.96 Å². The summed E-state index contributed by atoms with van der Waals surface area (Å²) in [5, 5.41) is 6.86. The van der Waals surface area contributed by atoms with Gasteiger partial charge in [0.2, 0.25) is 0 Å². The van der Waals surface area contributed by atoms with Crippen molar-refractivity contribution in [2.24, 2.45) is 10.9 Å². The predicted octanol–water partition coefficient (Wildman–Crippen LogP) is 1.38. The number of nitrogens with zero attached hydrogens (tertiary/aromatic N) is 3. The minimum atomic E-state index is 0.524. The lowest BCUT2D eigenvalue weighted by molar-refractivity contribution is 0.0376. The molecule has 0 spiro atoms. The Balaban J connectivity index is 1.66. The molecule has 2 saturated heterocycles. The fraction of sp³-hybridized carbons (Fsp3) is 0.947. The Bertz CT molecular complexity index is 376. The molecule has 0 radical (unpaired) electrons. The monoisotopic (exact) mass is 353 g/mol. The number of ether oxygens (including phenoxy) is 1. The third kappa shape index (κ3) is 7.92. The smallest absolute Gasteiger partial charge is 0.191 e. The SMILES string of the molecule is CCNC(=NCC(C)N1CCC(C)CC1)NCCCN1CCOCC1. The lowest BCUT2D eigenvalue weighted by atomic mass is 9.98. The van der Waals surface area contributed by atoms with Crippen molar-refractivity contribution in [1.29, 1.82) is 0 Å². The Kier molecular flexibility index (Phi) is 9.58. The van der Waals surface area contributed by atoms with Gasteiger partial charge in [0.05, 0.1) is 19.8 Å². The largest absolute Gasteiger partial charge is 0.379 e. The summed E-state index contributed by atoms with van der Waals surface area (Å²) in [6.07, 6.45) is 3.80. The van der Waals surface area contributed by atoms with E-state index in [1.807, 2.05) is 0 Å². The van der Waals surface area contributed by atoms with Crippen molar-refractivity contribution in [2.75, 3.05) is 65.6 Å². The van der Waals surface area contributed by atoms with E-state index >= 15 is 0 Å². The Morgan fingerprint density at radius 3 is 2.56 bits per heavy atom. The minimum Gasteiger partial charge on any atom is -0.379 e. The van der Waals surface area contributed by atoms with Crippen LogP contribution in [0.1, 0.15) is 40.0 Å². The van der Waals surface area contributed by atoms with Gasteiger partial charge >= 0.3 is 0 Å². The first-order chi connectivity index (χ1) is 12.2. The van der Waals surface area contributed by atoms with Crippen LogP contribution in [0.3, 0.4) is 0 Å². The van der Waals surface area contributed by atoms with Crippen LogP contribution in [-0.2, 0) is 4.74 Å². The van der Waals surface area contributed by atoms with Crippen molar-refractivity contribution in [1.82, 2.24) is 20.4 Å². The number of guanidine groups is 1. The maximum atomic E-state index is 5.40. The van der Waals surface area contributed by atoms with Gasteiger partial charge in [0, 0.05) is 32.2 Å². The summed E-state index contributed by atoms with van der Waals surface area (Å²) < 4.78 is 5.40. The number of aliphatic imine (C=N–C) groups is 1. The first kappa shape index (κ1) is 20.5. The van der Waals surface area contributed by atoms with Crippen LogP contribution in [0, 0.1) is 5.92 Å². The van der Waals surface area contributed by atoms with Gasteiger partial charge in [0.15, 0.2) is 5.96 Å². The number of morpholine rings is 1. The van der Waals surface area contributed by atoms with Gasteiger partial charge in [0.25, 0.3) is 0 Å². The zero-order chi connectivity index (χ0) is 17.9. The molecule has 2 aliphatic heterocycles. The molecule has 25 heavy (non-hydrogen) atoms. The summed E-state index contributed by atoms with van der Waals surface area (Å²) in [5.41, 5.74) is 0. The first-order valence-electron chi connectivity index (χ1n) is 10.3. The van der Waals surface area contributed by atoms with E-state index in [9.17, 15) is 0 Å². The lowest BCUT2D eigenvalue weighted by Crippen LogP contribution is -2.43. The molecule has 146 valence electrons. The summed E-state index contributed by atoms with van der Waals surface area (Å²) >= 11 is 0. The van der Waals surface area contributed by atoms with Crippen LogP contribution in [0.5, 0.6) is 0 Å². The number of hydrogen-bond acceptors (Lipinski definition) is 4. The number of piperidine rings is 1. The summed E-state index contributed by atoms with van der Waals surface area (Å²) in [7, 11) is 0. The molecular formula is C19H39N5O. The van der Waals surface area contributed by atoms with E-state index in [1.54, 1.807) is 0 Å². The zero-order valence-electron chi connectivity index (χ0n) is 16.6. The molecule has 0 saturated carbocycles. The van der Waals surface area contributed by atoms with Gasteiger partial charge < -0.3 is 15.4 Å². The number of hydrogen-bond donors (Lipinski definition) is 2. The molecule has 1 atom stereocenters. The fourth-order valence-corrected chi connectivity index (χ4v) is 3.48. The molecule has 1 unspecified atom stereocenters. The second-order valence-electron chi connectivity index (χ2n) is 7.52. The maximum absolute atomic E-state index is 5.40. The van der Waals surface area contributed by atoms with Crippen LogP contribution < -0.4 is 10.6 Å². The molecule has 6 nitrogen and oxygen atoms in total. The van der Waals surface area contributed by atoms with Crippen molar-refractivity contribution in [3.8, 4) is 0 Å². The van der Waals surface area contributed by atoms with E-state index in [0.29, 0.717) is 6.04 Å². The van der Waals surface area contributed by atoms with Crippen LogP contribution in [0.2, 0.25) is 0 Å². The Hall–Kier alpha value is -0.850. The number of nitrogens with one attached hydrogen (secondary N) is 2. The molecular weight excluding hydrogens is 314 g/mol. The second-order valence-corrected chi connectivity index (χ2v) is 7.52. The molecule has 0 aromatic rings. The molecule has 6 heteroatoms. The minimum absolute atomic E-state index is 0.524. The number of likely N-dealkylation sites (tertiary alicyclic amines) is 1. The molecule has 2 rings (SSSR count). The Morgan fingerprint density at radius 1 is 1.16 bits per heavy atom. The normalized spacial score (nSPS) is 22.8. The average Bonchev–Trinajstić information content (AvgIpc) is 2.64. The van der Waals surface area contributed by atoms with Gasteiger partial charge in [-0.15, -0.1) is 0 Å². The number of rotatable bonds is 8. The van der Waals surface area contributed by atoms with Crippen LogP contribution in [-0.4, -0.2) is 87.4 Å². The second kappa shape index (κ2) is 11.7. The maximum Gasteiger partial charge on any atom is 0.191 e. The highest BCUT2D eigenvalue weighted by Crippen LogP contribution is 2.17. The molecule has 0 aliphatic carbocycles. The molecule has 0 bridgehead atoms. The highest BCUT2D eigenvalue weighted by Gasteiger charge is 2.20. The van der Waals surface area contributed by atoms with Crippen molar-refractivity contribution in [3.05, 3.63) is 0 Å². The molecule has 0 aromatic heterocycles. The van der Waals surface area contributed by atoms with E-state index in [2.05, 4.69) is 41.2 Å². The van der Waals surface area contributed by atoms with Gasteiger partial charge in [-0.25, -0.2) is 0 Å². The fourth-order valence-electron chi connectivity index (χ4n) is 3.48. The van der Waals surface area contributed by atoms with E-state index in [0.717, 1.165) is 70.8 Å². The first-order valence-corrected chi connectivity index (χ1v) is 10.3. The Morgan fingerprint density at radius 2 is 1.88 bits per heavy atom. The van der Waals surface area contributed by atoms with Gasteiger partial charge in [-0.2, -0.15) is 0 Å². The molecule has 0 amide bonds. The van der Waals surface area contributed by atoms with Gasteiger partial charge in [-0.3, -0.25) is 14.8 Å². The van der Waals surface area contributed by atoms with Crippen LogP contribution in [0.4, 0.5) is 0 Å². The van der Waals surface area contributed by atoms with E-state index in [1.165, 1.54) is 25.9 Å². The van der Waals surface area contributed by atoms with E-state index in [4.69, 9.17) is 9.73 Å². The third-order valence-corrected chi connectivity index (χ3v) is 5.35. The van der Waals surface area contributed by atoms with Gasteiger partial charge in [-0.05, 0) is 58.7 Å². The third-order valence-electron chi connectivity index (χ3n) is 5.35. The molecule has 2 heterocycles. The summed E-state index contributed by atoms with van der Waals surface area (Å²) in [5.74, 6) is 1.85. The van der Waals surface area contributed by atoms with Crippen LogP contribution in [0.25, 0.3) is 0 Å². The molecule has 2 aliphatic rings. The van der Waals surface area contributed by atoms with Gasteiger partial charge in [-0.1, -0.05) is 6.92 Å². The lowest BCUT2D eigenvalue weighted by Gasteiger charge is -2.34. The zero-order valence-corrected chi connectivity index (χ0v) is 16.6. The summed E-state index contributed by atoms with van der Waals surface area (Å²) in [6.45, 7) is 17.0. The molecule has 2 fully saturated rings. The quantitative estimate of drug-likeness (QED) is 0.392. The van der Waals surface area contributed by atoms with Gasteiger partial charge in [0.1, 0.15) is 0 Å². The summed E-state index contributed by atoms with van der Waals surface area (Å²) in [6, 6.07) is 0.524. The van der Waals surface area contributed by atoms with Crippen LogP contribution in [0.15, 0.2) is 4.99 Å². The van der Waals surface area contributed by atoms with E-state index < -0.39 is 0 Å². The molecule has 2 N–H and O–H groups in total. The molecule has 0 aromatic carbocycles. The van der Waals surface area contributed by atoms with Crippen LogP contribution >= 0.6 is 0 Å². The van der Waals surface area contributed by atoms with E-state index in [-0.39, 0.29) is 0 Å².